The molecular weight excluding hydrogens is 371 g/mol. The van der Waals surface area contributed by atoms with E-state index in [0.29, 0.717) is 24.5 Å². The Kier molecular flexibility index (Phi) is 6.36. The SMILES string of the molecule is Cc1c(C#N)c(NC(=O)C[NH+]2C[C@@H](C)O[C@@H](C)C2)n(Cc2ccc(F)cc2)c1C. The fraction of sp³-hybridized carbons (Fsp3) is 0.455. The van der Waals surface area contributed by atoms with Crippen LogP contribution in [0.3, 0.4) is 0 Å². The van der Waals surface area contributed by atoms with E-state index in [9.17, 15) is 14.4 Å². The first-order valence-electron chi connectivity index (χ1n) is 9.91. The standard InChI is InChI=1S/C22H27FN4O2/c1-14-10-26(11-15(2)29-14)13-21(28)25-22-20(9-24)16(3)17(4)27(22)12-18-5-7-19(23)8-6-18/h5-8,14-15H,10-13H2,1-4H3,(H,25,28)/p+1/t14-,15+. The topological polar surface area (TPSA) is 71.5 Å². The Morgan fingerprint density at radius 3 is 2.48 bits per heavy atom. The van der Waals surface area contributed by atoms with Gasteiger partial charge in [-0.2, -0.15) is 5.26 Å². The summed E-state index contributed by atoms with van der Waals surface area (Å²) in [6.07, 6.45) is 0.228. The highest BCUT2D eigenvalue weighted by Crippen LogP contribution is 2.27. The van der Waals surface area contributed by atoms with Crippen LogP contribution in [0.4, 0.5) is 10.2 Å². The van der Waals surface area contributed by atoms with Crippen LogP contribution < -0.4 is 10.2 Å². The molecule has 1 aliphatic rings. The summed E-state index contributed by atoms with van der Waals surface area (Å²) in [6, 6.07) is 8.46. The molecule has 7 heteroatoms. The minimum absolute atomic E-state index is 0.114. The lowest BCUT2D eigenvalue weighted by Crippen LogP contribution is -3.16. The van der Waals surface area contributed by atoms with Gasteiger partial charge in [0.05, 0.1) is 5.56 Å². The van der Waals surface area contributed by atoms with Crippen molar-refractivity contribution in [1.29, 1.82) is 5.26 Å². The zero-order valence-electron chi connectivity index (χ0n) is 17.4. The third kappa shape index (κ3) is 4.84. The maximum atomic E-state index is 13.2. The number of aromatic nitrogens is 1. The molecule has 2 N–H and O–H groups in total. The Morgan fingerprint density at radius 2 is 1.90 bits per heavy atom. The van der Waals surface area contributed by atoms with E-state index in [1.807, 2.05) is 32.3 Å². The average Bonchev–Trinajstić information content (AvgIpc) is 2.86. The Hall–Kier alpha value is -2.69. The number of ether oxygens (including phenoxy) is 1. The smallest absolute Gasteiger partial charge is 0.280 e. The number of hydrogen-bond donors (Lipinski definition) is 2. The summed E-state index contributed by atoms with van der Waals surface area (Å²) >= 11 is 0. The molecule has 6 nitrogen and oxygen atoms in total. The van der Waals surface area contributed by atoms with E-state index < -0.39 is 0 Å². The number of nitrogens with zero attached hydrogens (tertiary/aromatic N) is 2. The normalized spacial score (nSPS) is 21.6. The van der Waals surface area contributed by atoms with Gasteiger partial charge in [-0.3, -0.25) is 4.79 Å². The van der Waals surface area contributed by atoms with E-state index in [-0.39, 0.29) is 23.9 Å². The Labute approximate surface area is 170 Å². The molecule has 154 valence electrons. The molecule has 1 saturated heterocycles. The highest BCUT2D eigenvalue weighted by Gasteiger charge is 2.28. The lowest BCUT2D eigenvalue weighted by atomic mass is 10.2. The molecule has 3 rings (SSSR count). The number of amides is 1. The first-order chi connectivity index (χ1) is 13.8. The number of nitrogens with one attached hydrogen (secondary N) is 2. The van der Waals surface area contributed by atoms with Crippen molar-refractivity contribution >= 4 is 11.7 Å². The first kappa shape index (κ1) is 21.0. The molecular formula is C22H28FN4O2+. The highest BCUT2D eigenvalue weighted by atomic mass is 19.1. The molecule has 0 radical (unpaired) electrons. The van der Waals surface area contributed by atoms with Gasteiger partial charge < -0.3 is 19.5 Å². The highest BCUT2D eigenvalue weighted by molar-refractivity contribution is 5.92. The number of nitriles is 1. The van der Waals surface area contributed by atoms with E-state index in [4.69, 9.17) is 4.74 Å². The Morgan fingerprint density at radius 1 is 1.28 bits per heavy atom. The van der Waals surface area contributed by atoms with Crippen LogP contribution in [-0.2, 0) is 16.1 Å². The zero-order valence-corrected chi connectivity index (χ0v) is 17.4. The van der Waals surface area contributed by atoms with Crippen LogP contribution in [0.25, 0.3) is 0 Å². The second-order valence-corrected chi connectivity index (χ2v) is 7.90. The summed E-state index contributed by atoms with van der Waals surface area (Å²) < 4.78 is 20.9. The van der Waals surface area contributed by atoms with Crippen molar-refractivity contribution in [2.75, 3.05) is 25.0 Å². The lowest BCUT2D eigenvalue weighted by Gasteiger charge is -2.31. The minimum Gasteiger partial charge on any atom is -0.364 e. The van der Waals surface area contributed by atoms with Gasteiger partial charge in [-0.15, -0.1) is 0 Å². The molecule has 1 fully saturated rings. The molecule has 0 aliphatic carbocycles. The quantitative estimate of drug-likeness (QED) is 0.805. The van der Waals surface area contributed by atoms with Crippen LogP contribution in [0.2, 0.25) is 0 Å². The van der Waals surface area contributed by atoms with Crippen LogP contribution >= 0.6 is 0 Å². The number of hydrogen-bond acceptors (Lipinski definition) is 3. The molecule has 1 aromatic carbocycles. The van der Waals surface area contributed by atoms with E-state index in [0.717, 1.165) is 34.8 Å². The Balaban J connectivity index is 1.82. The fourth-order valence-electron chi connectivity index (χ4n) is 4.04. The van der Waals surface area contributed by atoms with Crippen molar-refractivity contribution in [3.05, 3.63) is 52.5 Å². The second-order valence-electron chi connectivity index (χ2n) is 7.90. The molecule has 1 aliphatic heterocycles. The van der Waals surface area contributed by atoms with Gasteiger partial charge in [-0.25, -0.2) is 4.39 Å². The van der Waals surface area contributed by atoms with Crippen LogP contribution in [0.5, 0.6) is 0 Å². The third-order valence-corrected chi connectivity index (χ3v) is 5.48. The number of benzene rings is 1. The van der Waals surface area contributed by atoms with Crippen LogP contribution in [-0.4, -0.2) is 42.3 Å². The number of rotatable bonds is 5. The van der Waals surface area contributed by atoms with Crippen LogP contribution in [0, 0.1) is 31.0 Å². The average molecular weight is 399 g/mol. The summed E-state index contributed by atoms with van der Waals surface area (Å²) in [5.74, 6) is 0.0820. The molecule has 1 aromatic heterocycles. The first-order valence-corrected chi connectivity index (χ1v) is 9.91. The maximum Gasteiger partial charge on any atom is 0.280 e. The van der Waals surface area contributed by atoms with Gasteiger partial charge >= 0.3 is 0 Å². The molecule has 29 heavy (non-hydrogen) atoms. The van der Waals surface area contributed by atoms with E-state index in [1.165, 1.54) is 12.1 Å². The maximum absolute atomic E-state index is 13.2. The number of carbonyl (C=O) groups is 1. The summed E-state index contributed by atoms with van der Waals surface area (Å²) in [5.41, 5.74) is 3.11. The predicted octanol–water partition coefficient (Wildman–Crippen LogP) is 1.79. The summed E-state index contributed by atoms with van der Waals surface area (Å²) in [4.78, 5) is 14.0. The van der Waals surface area contributed by atoms with Crippen molar-refractivity contribution in [1.82, 2.24) is 4.57 Å². The molecule has 0 spiro atoms. The van der Waals surface area contributed by atoms with Crippen molar-refractivity contribution in [3.63, 3.8) is 0 Å². The molecule has 3 atom stereocenters. The minimum atomic E-state index is -0.294. The Bertz CT molecular complexity index is 920. The van der Waals surface area contributed by atoms with Gasteiger partial charge in [0, 0.05) is 12.2 Å². The number of anilines is 1. The van der Waals surface area contributed by atoms with Gasteiger partial charge in [0.1, 0.15) is 43.0 Å². The number of carbonyl (C=O) groups excluding carboxylic acids is 1. The summed E-state index contributed by atoms with van der Waals surface area (Å²) in [5, 5.41) is 12.6. The van der Waals surface area contributed by atoms with E-state index >= 15 is 0 Å². The molecule has 2 aromatic rings. The van der Waals surface area contributed by atoms with Gasteiger partial charge in [0.25, 0.3) is 5.91 Å². The number of quaternary nitrogens is 1. The van der Waals surface area contributed by atoms with E-state index in [2.05, 4.69) is 11.4 Å². The molecule has 2 heterocycles. The van der Waals surface area contributed by atoms with Crippen molar-refractivity contribution in [2.24, 2.45) is 0 Å². The fourth-order valence-corrected chi connectivity index (χ4v) is 4.04. The lowest BCUT2D eigenvalue weighted by molar-refractivity contribution is -0.907. The monoisotopic (exact) mass is 399 g/mol. The van der Waals surface area contributed by atoms with Crippen molar-refractivity contribution < 1.29 is 18.8 Å². The second kappa shape index (κ2) is 8.76. The van der Waals surface area contributed by atoms with Crippen molar-refractivity contribution in [3.8, 4) is 6.07 Å². The van der Waals surface area contributed by atoms with Gasteiger partial charge in [0.2, 0.25) is 0 Å². The number of halogens is 1. The third-order valence-electron chi connectivity index (χ3n) is 5.48. The zero-order chi connectivity index (χ0) is 21.1. The van der Waals surface area contributed by atoms with Crippen LogP contribution in [0.15, 0.2) is 24.3 Å². The van der Waals surface area contributed by atoms with Gasteiger partial charge in [0.15, 0.2) is 6.54 Å². The van der Waals surface area contributed by atoms with Crippen LogP contribution in [0.1, 0.15) is 36.2 Å². The number of morpholine rings is 1. The molecule has 0 saturated carbocycles. The largest absolute Gasteiger partial charge is 0.364 e. The molecule has 1 unspecified atom stereocenters. The summed E-state index contributed by atoms with van der Waals surface area (Å²) in [6.45, 7) is 10.2. The summed E-state index contributed by atoms with van der Waals surface area (Å²) in [7, 11) is 0. The van der Waals surface area contributed by atoms with Gasteiger partial charge in [-0.1, -0.05) is 12.1 Å². The van der Waals surface area contributed by atoms with E-state index in [1.54, 1.807) is 12.1 Å². The predicted molar refractivity (Wildman–Crippen MR) is 108 cm³/mol. The van der Waals surface area contributed by atoms with Gasteiger partial charge in [-0.05, 0) is 51.0 Å². The van der Waals surface area contributed by atoms with Crippen molar-refractivity contribution in [2.45, 2.75) is 46.4 Å². The molecule has 1 amide bonds. The molecule has 0 bridgehead atoms.